The second-order valence-corrected chi connectivity index (χ2v) is 5.81. The van der Waals surface area contributed by atoms with E-state index in [0.29, 0.717) is 12.6 Å². The zero-order chi connectivity index (χ0) is 13.7. The van der Waals surface area contributed by atoms with Gasteiger partial charge in [-0.25, -0.2) is 0 Å². The first-order valence-corrected chi connectivity index (χ1v) is 7.67. The van der Waals surface area contributed by atoms with Gasteiger partial charge in [-0.1, -0.05) is 18.8 Å². The van der Waals surface area contributed by atoms with Gasteiger partial charge in [-0.05, 0) is 37.8 Å². The Morgan fingerprint density at radius 2 is 2.37 bits per heavy atom. The zero-order valence-electron chi connectivity index (χ0n) is 11.3. The van der Waals surface area contributed by atoms with Crippen LogP contribution in [0.2, 0.25) is 0 Å². The minimum Gasteiger partial charge on any atom is -0.335 e. The molecule has 2 N–H and O–H groups in total. The van der Waals surface area contributed by atoms with Crippen LogP contribution in [-0.2, 0) is 0 Å². The lowest BCUT2D eigenvalue weighted by atomic mass is 10.00. The van der Waals surface area contributed by atoms with Crippen molar-refractivity contribution in [2.24, 2.45) is 5.73 Å². The van der Waals surface area contributed by atoms with Crippen molar-refractivity contribution < 1.29 is 4.79 Å². The zero-order valence-corrected chi connectivity index (χ0v) is 12.1. The second-order valence-electron chi connectivity index (χ2n) is 4.73. The van der Waals surface area contributed by atoms with E-state index < -0.39 is 0 Å². The fourth-order valence-electron chi connectivity index (χ4n) is 2.49. The molecule has 0 bridgehead atoms. The number of thiophene rings is 1. The fourth-order valence-corrected chi connectivity index (χ4v) is 3.33. The summed E-state index contributed by atoms with van der Waals surface area (Å²) >= 11 is 1.47. The standard InChI is InChI=1S/C15H20N2OS/c1-2-12-6-3-4-11-17(12)15(18)14-9-8-13(19-14)7-5-10-16/h8-9,12H,2-4,6,10-11,16H2,1H3. The molecule has 1 amide bonds. The molecule has 0 aliphatic carbocycles. The highest BCUT2D eigenvalue weighted by Crippen LogP contribution is 2.24. The molecule has 1 aromatic heterocycles. The third kappa shape index (κ3) is 3.37. The Bertz CT molecular complexity index is 498. The predicted molar refractivity (Wildman–Crippen MR) is 79.2 cm³/mol. The van der Waals surface area contributed by atoms with Crippen molar-refractivity contribution in [2.45, 2.75) is 38.6 Å². The molecule has 0 aromatic carbocycles. The average Bonchev–Trinajstić information content (AvgIpc) is 2.93. The minimum atomic E-state index is 0.164. The van der Waals surface area contributed by atoms with Crippen LogP contribution >= 0.6 is 11.3 Å². The molecular formula is C15H20N2OS. The van der Waals surface area contributed by atoms with Crippen molar-refractivity contribution in [3.05, 3.63) is 21.9 Å². The molecule has 0 radical (unpaired) electrons. The summed E-state index contributed by atoms with van der Waals surface area (Å²) < 4.78 is 0. The molecule has 1 atom stereocenters. The van der Waals surface area contributed by atoms with Gasteiger partial charge in [0.05, 0.1) is 16.3 Å². The fraction of sp³-hybridized carbons (Fsp3) is 0.533. The summed E-state index contributed by atoms with van der Waals surface area (Å²) in [6.07, 6.45) is 4.53. The van der Waals surface area contributed by atoms with Crippen LogP contribution in [0.3, 0.4) is 0 Å². The number of rotatable bonds is 2. The van der Waals surface area contributed by atoms with Crippen molar-refractivity contribution in [1.29, 1.82) is 0 Å². The van der Waals surface area contributed by atoms with Crippen LogP contribution in [0.5, 0.6) is 0 Å². The third-order valence-corrected chi connectivity index (χ3v) is 4.48. The van der Waals surface area contributed by atoms with Gasteiger partial charge in [0, 0.05) is 12.6 Å². The molecule has 2 rings (SSSR count). The second kappa shape index (κ2) is 6.74. The maximum absolute atomic E-state index is 12.5. The Hall–Kier alpha value is -1.31. The Morgan fingerprint density at radius 3 is 3.11 bits per heavy atom. The number of carbonyl (C=O) groups is 1. The molecule has 2 heterocycles. The van der Waals surface area contributed by atoms with Crippen molar-refractivity contribution in [1.82, 2.24) is 4.90 Å². The van der Waals surface area contributed by atoms with E-state index in [4.69, 9.17) is 5.73 Å². The van der Waals surface area contributed by atoms with Gasteiger partial charge in [0.1, 0.15) is 0 Å². The molecule has 1 aliphatic heterocycles. The first-order chi connectivity index (χ1) is 9.26. The molecule has 1 saturated heterocycles. The average molecular weight is 276 g/mol. The highest BCUT2D eigenvalue weighted by molar-refractivity contribution is 7.14. The SMILES string of the molecule is CCC1CCCCN1C(=O)c1ccc(C#CCN)s1. The summed E-state index contributed by atoms with van der Waals surface area (Å²) in [6.45, 7) is 3.40. The Labute approximate surface area is 118 Å². The quantitative estimate of drug-likeness (QED) is 0.843. The van der Waals surface area contributed by atoms with Crippen molar-refractivity contribution >= 4 is 17.2 Å². The van der Waals surface area contributed by atoms with E-state index in [9.17, 15) is 4.79 Å². The maximum atomic E-state index is 12.5. The van der Waals surface area contributed by atoms with Gasteiger partial charge in [0.2, 0.25) is 0 Å². The molecule has 4 heteroatoms. The highest BCUT2D eigenvalue weighted by Gasteiger charge is 2.26. The molecule has 1 unspecified atom stereocenters. The van der Waals surface area contributed by atoms with Gasteiger partial charge in [-0.2, -0.15) is 0 Å². The third-order valence-electron chi connectivity index (χ3n) is 3.49. The normalized spacial score (nSPS) is 18.8. The number of nitrogens with zero attached hydrogens (tertiary/aromatic N) is 1. The van der Waals surface area contributed by atoms with Crippen LogP contribution in [0.1, 0.15) is 47.2 Å². The summed E-state index contributed by atoms with van der Waals surface area (Å²) in [5.41, 5.74) is 5.35. The van der Waals surface area contributed by atoms with Gasteiger partial charge in [0.15, 0.2) is 0 Å². The molecule has 0 spiro atoms. The lowest BCUT2D eigenvalue weighted by Crippen LogP contribution is -2.43. The molecule has 3 nitrogen and oxygen atoms in total. The topological polar surface area (TPSA) is 46.3 Å². The highest BCUT2D eigenvalue weighted by atomic mass is 32.1. The Balaban J connectivity index is 2.12. The van der Waals surface area contributed by atoms with Crippen LogP contribution < -0.4 is 5.73 Å². The predicted octanol–water partition coefficient (Wildman–Crippen LogP) is 2.46. The van der Waals surface area contributed by atoms with Crippen LogP contribution in [0.15, 0.2) is 12.1 Å². The van der Waals surface area contributed by atoms with Gasteiger partial charge in [-0.15, -0.1) is 11.3 Å². The van der Waals surface area contributed by atoms with Gasteiger partial charge in [-0.3, -0.25) is 4.79 Å². The summed E-state index contributed by atoms with van der Waals surface area (Å²) in [6, 6.07) is 4.20. The van der Waals surface area contributed by atoms with E-state index >= 15 is 0 Å². The Kier molecular flexibility index (Phi) is 5.00. The molecule has 102 valence electrons. The summed E-state index contributed by atoms with van der Waals surface area (Å²) in [7, 11) is 0. The number of nitrogens with two attached hydrogens (primary N) is 1. The lowest BCUT2D eigenvalue weighted by molar-refractivity contribution is 0.0613. The van der Waals surface area contributed by atoms with Gasteiger partial charge in [0.25, 0.3) is 5.91 Å². The van der Waals surface area contributed by atoms with E-state index in [2.05, 4.69) is 18.8 Å². The number of carbonyl (C=O) groups excluding carboxylic acids is 1. The van der Waals surface area contributed by atoms with Crippen LogP contribution in [-0.4, -0.2) is 29.9 Å². The molecule has 1 aliphatic rings. The van der Waals surface area contributed by atoms with Crippen molar-refractivity contribution in [3.63, 3.8) is 0 Å². The summed E-state index contributed by atoms with van der Waals surface area (Å²) in [5.74, 6) is 5.96. The van der Waals surface area contributed by atoms with E-state index in [1.54, 1.807) is 0 Å². The van der Waals surface area contributed by atoms with Crippen molar-refractivity contribution in [3.8, 4) is 11.8 Å². The number of amides is 1. The van der Waals surface area contributed by atoms with Crippen LogP contribution in [0.25, 0.3) is 0 Å². The number of hydrogen-bond acceptors (Lipinski definition) is 3. The number of hydrogen-bond donors (Lipinski definition) is 1. The smallest absolute Gasteiger partial charge is 0.264 e. The molecular weight excluding hydrogens is 256 g/mol. The van der Waals surface area contributed by atoms with E-state index in [-0.39, 0.29) is 5.91 Å². The van der Waals surface area contributed by atoms with Crippen LogP contribution in [0.4, 0.5) is 0 Å². The monoisotopic (exact) mass is 276 g/mol. The Morgan fingerprint density at radius 1 is 1.53 bits per heavy atom. The van der Waals surface area contributed by atoms with Crippen molar-refractivity contribution in [2.75, 3.05) is 13.1 Å². The van der Waals surface area contributed by atoms with E-state index in [1.807, 2.05) is 17.0 Å². The number of piperidine rings is 1. The van der Waals surface area contributed by atoms with Crippen LogP contribution in [0, 0.1) is 11.8 Å². The van der Waals surface area contributed by atoms with E-state index in [0.717, 1.165) is 35.6 Å². The molecule has 1 aromatic rings. The minimum absolute atomic E-state index is 0.164. The maximum Gasteiger partial charge on any atom is 0.264 e. The summed E-state index contributed by atoms with van der Waals surface area (Å²) in [5, 5.41) is 0. The number of likely N-dealkylation sites (tertiary alicyclic amines) is 1. The summed E-state index contributed by atoms with van der Waals surface area (Å²) in [4.78, 5) is 16.3. The molecule has 0 saturated carbocycles. The molecule has 1 fully saturated rings. The van der Waals surface area contributed by atoms with E-state index in [1.165, 1.54) is 17.8 Å². The lowest BCUT2D eigenvalue weighted by Gasteiger charge is -2.34. The first-order valence-electron chi connectivity index (χ1n) is 6.86. The largest absolute Gasteiger partial charge is 0.335 e. The molecule has 19 heavy (non-hydrogen) atoms. The van der Waals surface area contributed by atoms with Gasteiger partial charge >= 0.3 is 0 Å². The van der Waals surface area contributed by atoms with Gasteiger partial charge < -0.3 is 10.6 Å². The first kappa shape index (κ1) is 14.1.